The third-order valence-electron chi connectivity index (χ3n) is 5.32. The minimum absolute atomic E-state index is 0.0799. The van der Waals surface area contributed by atoms with E-state index in [0.717, 1.165) is 31.2 Å². The highest BCUT2D eigenvalue weighted by Crippen LogP contribution is 2.40. The maximum absolute atomic E-state index is 13.4. The van der Waals surface area contributed by atoms with Crippen molar-refractivity contribution in [3.05, 3.63) is 47.3 Å². The summed E-state index contributed by atoms with van der Waals surface area (Å²) in [6, 6.07) is 9.24. The summed E-state index contributed by atoms with van der Waals surface area (Å²) in [5.41, 5.74) is 1.90. The van der Waals surface area contributed by atoms with Gasteiger partial charge in [0.25, 0.3) is 5.91 Å². The maximum atomic E-state index is 13.4. The van der Waals surface area contributed by atoms with Crippen LogP contribution in [0.1, 0.15) is 42.7 Å². The number of aromatic hydroxyl groups is 1. The number of hydrogen-bond acceptors (Lipinski definition) is 5. The van der Waals surface area contributed by atoms with E-state index < -0.39 is 17.8 Å². The van der Waals surface area contributed by atoms with E-state index in [-0.39, 0.29) is 29.6 Å². The van der Waals surface area contributed by atoms with Gasteiger partial charge in [-0.25, -0.2) is 4.39 Å². The zero-order valence-electron chi connectivity index (χ0n) is 15.2. The van der Waals surface area contributed by atoms with E-state index in [0.29, 0.717) is 11.3 Å². The van der Waals surface area contributed by atoms with E-state index in [1.807, 2.05) is 0 Å². The summed E-state index contributed by atoms with van der Waals surface area (Å²) in [6.45, 7) is 0.207. The Kier molecular flexibility index (Phi) is 4.78. The Morgan fingerprint density at radius 1 is 1.29 bits per heavy atom. The highest BCUT2D eigenvalue weighted by atomic mass is 19.1. The van der Waals surface area contributed by atoms with Gasteiger partial charge in [0.2, 0.25) is 0 Å². The summed E-state index contributed by atoms with van der Waals surface area (Å²) in [7, 11) is 0. The van der Waals surface area contributed by atoms with Crippen LogP contribution < -0.4 is 15.4 Å². The number of phenolic OH excluding ortho intramolecular Hbond substituents is 1. The predicted octanol–water partition coefficient (Wildman–Crippen LogP) is 3.87. The molecule has 144 valence electrons. The van der Waals surface area contributed by atoms with Gasteiger partial charge in [-0.1, -0.05) is 12.8 Å². The molecule has 2 aromatic rings. The first kappa shape index (κ1) is 18.1. The van der Waals surface area contributed by atoms with Crippen molar-refractivity contribution in [1.82, 2.24) is 0 Å². The van der Waals surface area contributed by atoms with Crippen LogP contribution in [0.2, 0.25) is 0 Å². The number of carbonyl (C=O) groups excluding carboxylic acids is 1. The number of carbonyl (C=O) groups is 1. The fraction of sp³-hybridized carbons (Fsp3) is 0.333. The number of ether oxygens (including phenoxy) is 1. The van der Waals surface area contributed by atoms with Crippen LogP contribution in [0.3, 0.4) is 0 Å². The van der Waals surface area contributed by atoms with Gasteiger partial charge in [-0.3, -0.25) is 4.79 Å². The number of rotatable bonds is 3. The number of fused-ring (bicyclic) bond motifs is 1. The monoisotopic (exact) mass is 381 g/mol. The van der Waals surface area contributed by atoms with Crippen molar-refractivity contribution in [3.63, 3.8) is 0 Å². The van der Waals surface area contributed by atoms with Crippen molar-refractivity contribution < 1.29 is 19.0 Å². The second-order valence-corrected chi connectivity index (χ2v) is 7.17. The molecule has 7 heteroatoms. The molecule has 1 fully saturated rings. The molecule has 3 N–H and O–H groups in total. The molecule has 1 amide bonds. The first-order valence-corrected chi connectivity index (χ1v) is 9.33. The van der Waals surface area contributed by atoms with Crippen LogP contribution in [0.4, 0.5) is 15.8 Å². The molecule has 0 saturated heterocycles. The normalized spacial score (nSPS) is 18.5. The molecule has 28 heavy (non-hydrogen) atoms. The van der Waals surface area contributed by atoms with Gasteiger partial charge < -0.3 is 20.5 Å². The Morgan fingerprint density at radius 3 is 2.82 bits per heavy atom. The van der Waals surface area contributed by atoms with Crippen molar-refractivity contribution in [2.24, 2.45) is 0 Å². The van der Waals surface area contributed by atoms with Gasteiger partial charge in [0.05, 0.1) is 23.5 Å². The number of hydrogen-bond donors (Lipinski definition) is 3. The van der Waals surface area contributed by atoms with Crippen LogP contribution in [0.15, 0.2) is 30.3 Å². The number of benzene rings is 2. The topological polar surface area (TPSA) is 94.4 Å². The Balaban J connectivity index is 1.53. The first-order valence-electron chi connectivity index (χ1n) is 9.33. The van der Waals surface area contributed by atoms with Crippen LogP contribution in [0.5, 0.6) is 11.5 Å². The standard InChI is InChI=1S/C21H20FN3O3/c22-14-5-6-16-19(8-14)28-20(11-24-16)21(27)25-17-9-18(26)15(7-13(17)10-23)12-3-1-2-4-12/h5-9,12,20,24,26H,1-4,11H2,(H,25,27)/t20-/m0/s1. The van der Waals surface area contributed by atoms with Gasteiger partial charge in [-0.2, -0.15) is 5.26 Å². The molecule has 0 radical (unpaired) electrons. The Labute approximate surface area is 161 Å². The van der Waals surface area contributed by atoms with Gasteiger partial charge in [0.1, 0.15) is 23.4 Å². The van der Waals surface area contributed by atoms with E-state index >= 15 is 0 Å². The lowest BCUT2D eigenvalue weighted by molar-refractivity contribution is -0.122. The molecule has 1 saturated carbocycles. The van der Waals surface area contributed by atoms with Crippen molar-refractivity contribution >= 4 is 17.3 Å². The number of amides is 1. The van der Waals surface area contributed by atoms with Crippen LogP contribution in [0, 0.1) is 17.1 Å². The summed E-state index contributed by atoms with van der Waals surface area (Å²) in [6.07, 6.45) is 3.30. The van der Waals surface area contributed by atoms with E-state index in [9.17, 15) is 19.6 Å². The molecule has 1 aliphatic heterocycles. The number of nitriles is 1. The summed E-state index contributed by atoms with van der Waals surface area (Å²) in [4.78, 5) is 12.6. The highest BCUT2D eigenvalue weighted by molar-refractivity contribution is 5.96. The largest absolute Gasteiger partial charge is 0.508 e. The van der Waals surface area contributed by atoms with Crippen molar-refractivity contribution in [2.75, 3.05) is 17.2 Å². The number of nitrogens with zero attached hydrogens (tertiary/aromatic N) is 1. The van der Waals surface area contributed by atoms with Crippen molar-refractivity contribution in [2.45, 2.75) is 37.7 Å². The Bertz CT molecular complexity index is 964. The van der Waals surface area contributed by atoms with Crippen LogP contribution in [-0.4, -0.2) is 23.7 Å². The number of phenols is 1. The molecule has 4 rings (SSSR count). The molecular weight excluding hydrogens is 361 g/mol. The smallest absolute Gasteiger partial charge is 0.267 e. The Morgan fingerprint density at radius 2 is 2.07 bits per heavy atom. The molecule has 6 nitrogen and oxygen atoms in total. The molecule has 2 aliphatic rings. The molecule has 0 unspecified atom stereocenters. The molecule has 1 heterocycles. The predicted molar refractivity (Wildman–Crippen MR) is 102 cm³/mol. The summed E-state index contributed by atoms with van der Waals surface area (Å²) in [5, 5.41) is 25.6. The lowest BCUT2D eigenvalue weighted by Gasteiger charge is -2.26. The fourth-order valence-corrected chi connectivity index (χ4v) is 3.86. The summed E-state index contributed by atoms with van der Waals surface area (Å²) in [5.74, 6) is -0.357. The number of nitrogens with one attached hydrogen (secondary N) is 2. The van der Waals surface area contributed by atoms with Crippen molar-refractivity contribution in [1.29, 1.82) is 5.26 Å². The zero-order chi connectivity index (χ0) is 19.7. The minimum atomic E-state index is -0.891. The average Bonchev–Trinajstić information content (AvgIpc) is 3.22. The zero-order valence-corrected chi connectivity index (χ0v) is 15.2. The van der Waals surface area contributed by atoms with E-state index in [4.69, 9.17) is 4.74 Å². The number of halogens is 1. The molecule has 0 spiro atoms. The third kappa shape index (κ3) is 3.46. The first-order chi connectivity index (χ1) is 13.5. The maximum Gasteiger partial charge on any atom is 0.267 e. The van der Waals surface area contributed by atoms with Gasteiger partial charge in [-0.05, 0) is 42.5 Å². The lowest BCUT2D eigenvalue weighted by Crippen LogP contribution is -2.41. The van der Waals surface area contributed by atoms with Crippen LogP contribution in [0.25, 0.3) is 0 Å². The second-order valence-electron chi connectivity index (χ2n) is 7.17. The van der Waals surface area contributed by atoms with Gasteiger partial charge >= 0.3 is 0 Å². The van der Waals surface area contributed by atoms with Crippen LogP contribution in [-0.2, 0) is 4.79 Å². The summed E-state index contributed by atoms with van der Waals surface area (Å²) >= 11 is 0. The molecule has 2 aromatic carbocycles. The van der Waals surface area contributed by atoms with E-state index in [2.05, 4.69) is 16.7 Å². The summed E-state index contributed by atoms with van der Waals surface area (Å²) < 4.78 is 19.0. The molecule has 1 atom stereocenters. The van der Waals surface area contributed by atoms with E-state index in [1.54, 1.807) is 12.1 Å². The van der Waals surface area contributed by atoms with E-state index in [1.165, 1.54) is 18.2 Å². The van der Waals surface area contributed by atoms with Crippen molar-refractivity contribution in [3.8, 4) is 17.6 Å². The quantitative estimate of drug-likeness (QED) is 0.750. The average molecular weight is 381 g/mol. The second kappa shape index (κ2) is 7.39. The molecule has 1 aliphatic carbocycles. The molecule has 0 bridgehead atoms. The highest BCUT2D eigenvalue weighted by Gasteiger charge is 2.28. The van der Waals surface area contributed by atoms with Gasteiger partial charge in [0.15, 0.2) is 6.10 Å². The van der Waals surface area contributed by atoms with Gasteiger partial charge in [-0.15, -0.1) is 0 Å². The minimum Gasteiger partial charge on any atom is -0.508 e. The Hall–Kier alpha value is -3.27. The SMILES string of the molecule is N#Cc1cc(C2CCCC2)c(O)cc1NC(=O)[C@@H]1CNc2ccc(F)cc2O1. The lowest BCUT2D eigenvalue weighted by atomic mass is 9.94. The van der Waals surface area contributed by atoms with Gasteiger partial charge in [0, 0.05) is 12.1 Å². The number of anilines is 2. The fourth-order valence-electron chi connectivity index (χ4n) is 3.86. The molecular formula is C21H20FN3O3. The van der Waals surface area contributed by atoms with Crippen LogP contribution >= 0.6 is 0 Å². The third-order valence-corrected chi connectivity index (χ3v) is 5.32. The molecule has 0 aromatic heterocycles.